The highest BCUT2D eigenvalue weighted by Crippen LogP contribution is 2.22. The Hall–Kier alpha value is -0.210. The second kappa shape index (κ2) is 7.57. The number of piperidine rings is 1. The van der Waals surface area contributed by atoms with Gasteiger partial charge in [0, 0.05) is 38.3 Å². The molecule has 0 aromatic heterocycles. The zero-order chi connectivity index (χ0) is 16.2. The molecule has 2 heterocycles. The standard InChI is InChI=1S/C15H31N3O3S/c1-4-15(3,17-9-11-21-12-10-17)13-16-22(19,20)18-7-5-14(2)6-8-18/h14,16H,4-13H2,1-3H3/t15-/m1/s1. The van der Waals surface area contributed by atoms with Gasteiger partial charge < -0.3 is 4.74 Å². The zero-order valence-electron chi connectivity index (χ0n) is 14.2. The normalized spacial score (nSPS) is 26.0. The number of morpholine rings is 1. The van der Waals surface area contributed by atoms with E-state index in [1.54, 1.807) is 4.31 Å². The van der Waals surface area contributed by atoms with Crippen molar-refractivity contribution < 1.29 is 13.2 Å². The van der Waals surface area contributed by atoms with Crippen LogP contribution in [0.2, 0.25) is 0 Å². The number of hydrogen-bond donors (Lipinski definition) is 1. The lowest BCUT2D eigenvalue weighted by molar-refractivity contribution is -0.0158. The van der Waals surface area contributed by atoms with Crippen molar-refractivity contribution in [3.05, 3.63) is 0 Å². The molecule has 0 aromatic carbocycles. The van der Waals surface area contributed by atoms with Gasteiger partial charge in [-0.2, -0.15) is 12.7 Å². The molecule has 0 amide bonds. The first kappa shape index (κ1) is 18.1. The van der Waals surface area contributed by atoms with Gasteiger partial charge >= 0.3 is 0 Å². The topological polar surface area (TPSA) is 61.9 Å². The summed E-state index contributed by atoms with van der Waals surface area (Å²) in [4.78, 5) is 2.34. The monoisotopic (exact) mass is 333 g/mol. The lowest BCUT2D eigenvalue weighted by Gasteiger charge is -2.43. The van der Waals surface area contributed by atoms with Crippen LogP contribution in [-0.4, -0.2) is 69.1 Å². The Bertz CT molecular complexity index is 443. The first-order valence-electron chi connectivity index (χ1n) is 8.45. The van der Waals surface area contributed by atoms with Crippen molar-refractivity contribution in [2.75, 3.05) is 45.9 Å². The fourth-order valence-corrected chi connectivity index (χ4v) is 4.49. The van der Waals surface area contributed by atoms with Crippen LogP contribution in [0.25, 0.3) is 0 Å². The molecule has 22 heavy (non-hydrogen) atoms. The molecule has 2 fully saturated rings. The van der Waals surface area contributed by atoms with Gasteiger partial charge in [-0.25, -0.2) is 4.72 Å². The first-order valence-corrected chi connectivity index (χ1v) is 9.89. The van der Waals surface area contributed by atoms with Gasteiger partial charge in [0.05, 0.1) is 13.2 Å². The average Bonchev–Trinajstić information content (AvgIpc) is 2.54. The highest BCUT2D eigenvalue weighted by Gasteiger charge is 2.34. The molecule has 0 unspecified atom stereocenters. The van der Waals surface area contributed by atoms with E-state index in [0.717, 1.165) is 45.6 Å². The Labute approximate surface area is 135 Å². The summed E-state index contributed by atoms with van der Waals surface area (Å²) in [7, 11) is -3.36. The van der Waals surface area contributed by atoms with E-state index < -0.39 is 10.2 Å². The summed E-state index contributed by atoms with van der Waals surface area (Å²) in [5.41, 5.74) is -0.153. The molecule has 7 heteroatoms. The van der Waals surface area contributed by atoms with Crippen LogP contribution in [-0.2, 0) is 14.9 Å². The molecule has 0 saturated carbocycles. The van der Waals surface area contributed by atoms with Gasteiger partial charge in [0.15, 0.2) is 0 Å². The van der Waals surface area contributed by atoms with Gasteiger partial charge in [-0.3, -0.25) is 4.90 Å². The van der Waals surface area contributed by atoms with Gasteiger partial charge in [-0.05, 0) is 32.1 Å². The third-order valence-corrected chi connectivity index (χ3v) is 6.81. The van der Waals surface area contributed by atoms with E-state index in [2.05, 4.69) is 30.4 Å². The van der Waals surface area contributed by atoms with Crippen LogP contribution in [0.15, 0.2) is 0 Å². The highest BCUT2D eigenvalue weighted by atomic mass is 32.2. The summed E-state index contributed by atoms with van der Waals surface area (Å²) in [6.45, 7) is 11.4. The maximum absolute atomic E-state index is 12.5. The molecule has 2 rings (SSSR count). The predicted molar refractivity (Wildman–Crippen MR) is 88.0 cm³/mol. The summed E-state index contributed by atoms with van der Waals surface area (Å²) in [5, 5.41) is 0. The Morgan fingerprint density at radius 2 is 1.77 bits per heavy atom. The molecule has 1 atom stereocenters. The number of ether oxygens (including phenoxy) is 1. The van der Waals surface area contributed by atoms with Crippen molar-refractivity contribution in [1.29, 1.82) is 0 Å². The molecule has 2 aliphatic rings. The molecule has 0 radical (unpaired) electrons. The maximum Gasteiger partial charge on any atom is 0.279 e. The number of hydrogen-bond acceptors (Lipinski definition) is 4. The van der Waals surface area contributed by atoms with Crippen molar-refractivity contribution >= 4 is 10.2 Å². The smallest absolute Gasteiger partial charge is 0.279 e. The largest absolute Gasteiger partial charge is 0.379 e. The van der Waals surface area contributed by atoms with Gasteiger partial charge in [0.1, 0.15) is 0 Å². The van der Waals surface area contributed by atoms with E-state index in [-0.39, 0.29) is 5.54 Å². The van der Waals surface area contributed by atoms with Crippen LogP contribution >= 0.6 is 0 Å². The number of nitrogens with zero attached hydrogens (tertiary/aromatic N) is 2. The minimum Gasteiger partial charge on any atom is -0.379 e. The second-order valence-electron chi connectivity index (χ2n) is 6.86. The fourth-order valence-electron chi connectivity index (χ4n) is 3.13. The molecule has 0 spiro atoms. The third kappa shape index (κ3) is 4.41. The molecule has 6 nitrogen and oxygen atoms in total. The Morgan fingerprint density at radius 3 is 2.32 bits per heavy atom. The average molecular weight is 333 g/mol. The van der Waals surface area contributed by atoms with Crippen LogP contribution in [0.3, 0.4) is 0 Å². The maximum atomic E-state index is 12.5. The van der Waals surface area contributed by atoms with E-state index in [1.807, 2.05) is 0 Å². The summed E-state index contributed by atoms with van der Waals surface area (Å²) >= 11 is 0. The van der Waals surface area contributed by atoms with Crippen LogP contribution in [0.5, 0.6) is 0 Å². The molecular formula is C15H31N3O3S. The molecule has 0 bridgehead atoms. The van der Waals surface area contributed by atoms with E-state index >= 15 is 0 Å². The fraction of sp³-hybridized carbons (Fsp3) is 1.00. The summed E-state index contributed by atoms with van der Waals surface area (Å²) < 4.78 is 34.9. The van der Waals surface area contributed by atoms with Crippen molar-refractivity contribution in [3.8, 4) is 0 Å². The van der Waals surface area contributed by atoms with E-state index in [0.29, 0.717) is 25.6 Å². The van der Waals surface area contributed by atoms with Gasteiger partial charge in [0.25, 0.3) is 10.2 Å². The molecule has 0 aliphatic carbocycles. The first-order chi connectivity index (χ1) is 10.4. The lowest BCUT2D eigenvalue weighted by atomic mass is 9.96. The van der Waals surface area contributed by atoms with Crippen LogP contribution in [0.4, 0.5) is 0 Å². The Kier molecular flexibility index (Phi) is 6.24. The van der Waals surface area contributed by atoms with Crippen LogP contribution in [0.1, 0.15) is 40.0 Å². The van der Waals surface area contributed by atoms with Crippen molar-refractivity contribution in [2.45, 2.75) is 45.6 Å². The lowest BCUT2D eigenvalue weighted by Crippen LogP contribution is -2.58. The molecule has 0 aromatic rings. The third-order valence-electron chi connectivity index (χ3n) is 5.25. The predicted octanol–water partition coefficient (Wildman–Crippen LogP) is 1.05. The summed E-state index contributed by atoms with van der Waals surface area (Å²) in [6, 6.07) is 0. The molecular weight excluding hydrogens is 302 g/mol. The van der Waals surface area contributed by atoms with Crippen LogP contribution in [0, 0.1) is 5.92 Å². The van der Waals surface area contributed by atoms with Crippen LogP contribution < -0.4 is 4.72 Å². The molecule has 2 aliphatic heterocycles. The number of nitrogens with one attached hydrogen (secondary N) is 1. The highest BCUT2D eigenvalue weighted by molar-refractivity contribution is 7.87. The molecule has 1 N–H and O–H groups in total. The zero-order valence-corrected chi connectivity index (χ0v) is 15.0. The quantitative estimate of drug-likeness (QED) is 0.789. The van der Waals surface area contributed by atoms with Gasteiger partial charge in [-0.1, -0.05) is 13.8 Å². The second-order valence-corrected chi connectivity index (χ2v) is 8.61. The minimum atomic E-state index is -3.36. The Morgan fingerprint density at radius 1 is 1.18 bits per heavy atom. The van der Waals surface area contributed by atoms with E-state index in [4.69, 9.17) is 4.74 Å². The molecule has 2 saturated heterocycles. The van der Waals surface area contributed by atoms with E-state index in [9.17, 15) is 8.42 Å². The Balaban J connectivity index is 1.93. The summed E-state index contributed by atoms with van der Waals surface area (Å²) in [6.07, 6.45) is 2.82. The van der Waals surface area contributed by atoms with E-state index in [1.165, 1.54) is 0 Å². The minimum absolute atomic E-state index is 0.153. The number of rotatable bonds is 6. The van der Waals surface area contributed by atoms with Gasteiger partial charge in [0.2, 0.25) is 0 Å². The SMILES string of the molecule is CC[C@](C)(CNS(=O)(=O)N1CCC(C)CC1)N1CCOCC1. The van der Waals surface area contributed by atoms with Crippen molar-refractivity contribution in [2.24, 2.45) is 5.92 Å². The summed E-state index contributed by atoms with van der Waals surface area (Å²) in [5.74, 6) is 0.626. The van der Waals surface area contributed by atoms with Crippen molar-refractivity contribution in [3.63, 3.8) is 0 Å². The van der Waals surface area contributed by atoms with Gasteiger partial charge in [-0.15, -0.1) is 0 Å². The molecule has 130 valence electrons. The van der Waals surface area contributed by atoms with Crippen molar-refractivity contribution in [1.82, 2.24) is 13.9 Å².